The third kappa shape index (κ3) is 5.40. The van der Waals surface area contributed by atoms with E-state index in [0.717, 1.165) is 5.56 Å². The van der Waals surface area contributed by atoms with Gasteiger partial charge >= 0.3 is 6.09 Å². The van der Waals surface area contributed by atoms with Crippen LogP contribution in [0.25, 0.3) is 0 Å². The zero-order chi connectivity index (χ0) is 17.7. The summed E-state index contributed by atoms with van der Waals surface area (Å²) >= 11 is 5.92. The fraction of sp³-hybridized carbons (Fsp3) is 0.556. The van der Waals surface area contributed by atoms with E-state index in [-0.39, 0.29) is 24.7 Å². The zero-order valence-corrected chi connectivity index (χ0v) is 15.0. The molecular formula is C18H23ClN2O3. The number of halogens is 1. The molecule has 0 aliphatic carbocycles. The van der Waals surface area contributed by atoms with Crippen LogP contribution in [0.2, 0.25) is 5.02 Å². The summed E-state index contributed by atoms with van der Waals surface area (Å²) in [6.07, 6.45) is 0.263. The normalized spacial score (nSPS) is 21.2. The van der Waals surface area contributed by atoms with Gasteiger partial charge in [-0.2, -0.15) is 5.26 Å². The van der Waals surface area contributed by atoms with E-state index in [9.17, 15) is 4.79 Å². The average molecular weight is 351 g/mol. The molecule has 0 aromatic heterocycles. The van der Waals surface area contributed by atoms with Crippen molar-refractivity contribution in [3.8, 4) is 6.07 Å². The molecule has 0 saturated carbocycles. The Morgan fingerprint density at radius 3 is 2.67 bits per heavy atom. The predicted octanol–water partition coefficient (Wildman–Crippen LogP) is 3.80. The predicted molar refractivity (Wildman–Crippen MR) is 91.9 cm³/mol. The number of hydrogen-bond donors (Lipinski definition) is 0. The van der Waals surface area contributed by atoms with Gasteiger partial charge in [-0.3, -0.25) is 4.90 Å². The van der Waals surface area contributed by atoms with Gasteiger partial charge in [-0.05, 0) is 44.9 Å². The molecule has 1 aliphatic rings. The van der Waals surface area contributed by atoms with E-state index >= 15 is 0 Å². The van der Waals surface area contributed by atoms with Crippen molar-refractivity contribution in [3.63, 3.8) is 0 Å². The number of carbonyl (C=O) groups is 1. The third-order valence-corrected chi connectivity index (χ3v) is 3.95. The molecule has 0 spiro atoms. The van der Waals surface area contributed by atoms with Crippen LogP contribution in [-0.2, 0) is 15.9 Å². The minimum Gasteiger partial charge on any atom is -0.444 e. The molecule has 0 radical (unpaired) electrons. The molecule has 1 heterocycles. The molecule has 0 N–H and O–H groups in total. The Kier molecular flexibility index (Phi) is 6.09. The summed E-state index contributed by atoms with van der Waals surface area (Å²) in [7, 11) is 0. The lowest BCUT2D eigenvalue weighted by molar-refractivity contribution is -0.0675. The highest BCUT2D eigenvalue weighted by atomic mass is 35.5. The Morgan fingerprint density at radius 2 is 2.08 bits per heavy atom. The number of nitrogens with zero attached hydrogens (tertiary/aromatic N) is 2. The van der Waals surface area contributed by atoms with Crippen LogP contribution in [0.1, 0.15) is 32.8 Å². The highest BCUT2D eigenvalue weighted by Crippen LogP contribution is 2.22. The van der Waals surface area contributed by atoms with Gasteiger partial charge in [0.05, 0.1) is 37.8 Å². The molecule has 1 fully saturated rings. The standard InChI is InChI=1S/C18H23ClN2O3/c1-18(2,3)24-17(22)21-11-16(8-9-20)23-12-15(21)10-13-4-6-14(19)7-5-13/h4-7,15-16H,8,10-12H2,1-3H3/t15-,16-/m0/s1. The number of morpholine rings is 1. The van der Waals surface area contributed by atoms with Gasteiger partial charge in [0.25, 0.3) is 0 Å². The van der Waals surface area contributed by atoms with Gasteiger partial charge in [0, 0.05) is 5.02 Å². The highest BCUT2D eigenvalue weighted by Gasteiger charge is 2.34. The van der Waals surface area contributed by atoms with Crippen molar-refractivity contribution >= 4 is 17.7 Å². The van der Waals surface area contributed by atoms with Crippen LogP contribution in [0.4, 0.5) is 4.79 Å². The fourth-order valence-electron chi connectivity index (χ4n) is 2.59. The third-order valence-electron chi connectivity index (χ3n) is 3.70. The number of rotatable bonds is 3. The van der Waals surface area contributed by atoms with Crippen LogP contribution in [0.15, 0.2) is 24.3 Å². The Balaban J connectivity index is 2.12. The Bertz CT molecular complexity index is 604. The van der Waals surface area contributed by atoms with Gasteiger partial charge in [-0.1, -0.05) is 23.7 Å². The maximum atomic E-state index is 12.6. The SMILES string of the molecule is CC(C)(C)OC(=O)N1C[C@H](CC#N)OC[C@@H]1Cc1ccc(Cl)cc1. The number of hydrogen-bond acceptors (Lipinski definition) is 4. The van der Waals surface area contributed by atoms with E-state index in [1.54, 1.807) is 4.90 Å². The van der Waals surface area contributed by atoms with Gasteiger partial charge in [0.1, 0.15) is 5.60 Å². The molecule has 6 heteroatoms. The van der Waals surface area contributed by atoms with Gasteiger partial charge in [-0.15, -0.1) is 0 Å². The lowest BCUT2D eigenvalue weighted by atomic mass is 10.0. The Morgan fingerprint density at radius 1 is 1.42 bits per heavy atom. The number of benzene rings is 1. The Labute approximate surface area is 148 Å². The second-order valence-corrected chi connectivity index (χ2v) is 7.37. The molecule has 1 amide bonds. The van der Waals surface area contributed by atoms with Crippen LogP contribution in [0, 0.1) is 11.3 Å². The first-order valence-corrected chi connectivity index (χ1v) is 8.39. The zero-order valence-electron chi connectivity index (χ0n) is 14.3. The van der Waals surface area contributed by atoms with Crippen molar-refractivity contribution < 1.29 is 14.3 Å². The summed E-state index contributed by atoms with van der Waals surface area (Å²) in [5.41, 5.74) is 0.505. The van der Waals surface area contributed by atoms with Gasteiger partial charge < -0.3 is 9.47 Å². The smallest absolute Gasteiger partial charge is 0.410 e. The monoisotopic (exact) mass is 350 g/mol. The fourth-order valence-corrected chi connectivity index (χ4v) is 2.72. The quantitative estimate of drug-likeness (QED) is 0.831. The van der Waals surface area contributed by atoms with Crippen LogP contribution < -0.4 is 0 Å². The van der Waals surface area contributed by atoms with Crippen molar-refractivity contribution in [1.82, 2.24) is 4.90 Å². The molecule has 1 saturated heterocycles. The van der Waals surface area contributed by atoms with E-state index in [1.807, 2.05) is 45.0 Å². The average Bonchev–Trinajstić information content (AvgIpc) is 2.49. The maximum absolute atomic E-state index is 12.6. The summed E-state index contributed by atoms with van der Waals surface area (Å²) in [5.74, 6) is 0. The van der Waals surface area contributed by atoms with E-state index in [0.29, 0.717) is 24.6 Å². The first-order chi connectivity index (χ1) is 11.3. The molecule has 24 heavy (non-hydrogen) atoms. The van der Waals surface area contributed by atoms with Crippen LogP contribution in [0.3, 0.4) is 0 Å². The molecule has 1 aromatic carbocycles. The molecule has 130 valence electrons. The van der Waals surface area contributed by atoms with Crippen molar-refractivity contribution in [3.05, 3.63) is 34.9 Å². The molecule has 1 aromatic rings. The second-order valence-electron chi connectivity index (χ2n) is 6.93. The molecule has 2 atom stereocenters. The topological polar surface area (TPSA) is 62.6 Å². The summed E-state index contributed by atoms with van der Waals surface area (Å²) in [6, 6.07) is 9.51. The van der Waals surface area contributed by atoms with Crippen molar-refractivity contribution in [2.24, 2.45) is 0 Å². The molecule has 1 aliphatic heterocycles. The van der Waals surface area contributed by atoms with E-state index < -0.39 is 5.60 Å². The van der Waals surface area contributed by atoms with Crippen molar-refractivity contribution in [1.29, 1.82) is 5.26 Å². The van der Waals surface area contributed by atoms with Gasteiger partial charge in [0.2, 0.25) is 0 Å². The number of carbonyl (C=O) groups excluding carboxylic acids is 1. The lowest BCUT2D eigenvalue weighted by Gasteiger charge is -2.39. The van der Waals surface area contributed by atoms with Crippen molar-refractivity contribution in [2.45, 2.75) is 51.4 Å². The number of amides is 1. The summed E-state index contributed by atoms with van der Waals surface area (Å²) in [6.45, 7) is 6.26. The van der Waals surface area contributed by atoms with Crippen LogP contribution in [-0.4, -0.2) is 41.9 Å². The van der Waals surface area contributed by atoms with Gasteiger partial charge in [0.15, 0.2) is 0 Å². The minimum atomic E-state index is -0.565. The second kappa shape index (κ2) is 7.87. The summed E-state index contributed by atoms with van der Waals surface area (Å²) in [4.78, 5) is 14.2. The van der Waals surface area contributed by atoms with Crippen molar-refractivity contribution in [2.75, 3.05) is 13.2 Å². The number of nitriles is 1. The minimum absolute atomic E-state index is 0.129. The lowest BCUT2D eigenvalue weighted by Crippen LogP contribution is -2.54. The molecule has 2 rings (SSSR count). The van der Waals surface area contributed by atoms with Crippen LogP contribution >= 0.6 is 11.6 Å². The molecule has 0 unspecified atom stereocenters. The summed E-state index contributed by atoms with van der Waals surface area (Å²) < 4.78 is 11.3. The van der Waals surface area contributed by atoms with E-state index in [4.69, 9.17) is 26.3 Å². The molecular weight excluding hydrogens is 328 g/mol. The van der Waals surface area contributed by atoms with E-state index in [2.05, 4.69) is 6.07 Å². The first kappa shape index (κ1) is 18.6. The van der Waals surface area contributed by atoms with E-state index in [1.165, 1.54) is 0 Å². The highest BCUT2D eigenvalue weighted by molar-refractivity contribution is 6.30. The largest absolute Gasteiger partial charge is 0.444 e. The Hall–Kier alpha value is -1.77. The van der Waals surface area contributed by atoms with Crippen LogP contribution in [0.5, 0.6) is 0 Å². The molecule has 0 bridgehead atoms. The first-order valence-electron chi connectivity index (χ1n) is 8.01. The number of ether oxygens (including phenoxy) is 2. The molecule has 5 nitrogen and oxygen atoms in total. The maximum Gasteiger partial charge on any atom is 0.410 e. The van der Waals surface area contributed by atoms with Gasteiger partial charge in [-0.25, -0.2) is 4.79 Å². The summed E-state index contributed by atoms with van der Waals surface area (Å²) in [5, 5.41) is 9.56.